The van der Waals surface area contributed by atoms with E-state index in [9.17, 15) is 9.59 Å². The largest absolute Gasteiger partial charge is 0.494 e. The number of nitrogens with one attached hydrogen (secondary N) is 2. The Morgan fingerprint density at radius 3 is 2.53 bits per heavy atom. The molecule has 0 unspecified atom stereocenters. The molecule has 0 radical (unpaired) electrons. The van der Waals surface area contributed by atoms with E-state index in [4.69, 9.17) is 4.74 Å². The van der Waals surface area contributed by atoms with Crippen molar-refractivity contribution in [3.8, 4) is 5.75 Å². The lowest BCUT2D eigenvalue weighted by Crippen LogP contribution is -2.35. The van der Waals surface area contributed by atoms with Crippen LogP contribution in [0, 0.1) is 0 Å². The van der Waals surface area contributed by atoms with Gasteiger partial charge in [0, 0.05) is 36.1 Å². The van der Waals surface area contributed by atoms with Gasteiger partial charge in [-0.05, 0) is 56.0 Å². The monoisotopic (exact) mass is 437 g/mol. The zero-order valence-corrected chi connectivity index (χ0v) is 19.1. The molecular weight excluding hydrogens is 402 g/mol. The molecule has 6 heteroatoms. The van der Waals surface area contributed by atoms with Crippen LogP contribution in [-0.2, 0) is 4.79 Å². The third kappa shape index (κ3) is 7.59. The van der Waals surface area contributed by atoms with E-state index >= 15 is 0 Å². The van der Waals surface area contributed by atoms with E-state index in [2.05, 4.69) is 17.6 Å². The number of hydrogen-bond donors (Lipinski definition) is 2. The van der Waals surface area contributed by atoms with E-state index in [1.165, 1.54) is 25.7 Å². The maximum atomic E-state index is 12.7. The number of hydrogen-bond acceptors (Lipinski definition) is 4. The van der Waals surface area contributed by atoms with Gasteiger partial charge in [0.1, 0.15) is 5.75 Å². The summed E-state index contributed by atoms with van der Waals surface area (Å²) < 4.78 is 5.80. The molecule has 3 rings (SSSR count). The van der Waals surface area contributed by atoms with Crippen molar-refractivity contribution < 1.29 is 14.3 Å². The average Bonchev–Trinajstić information content (AvgIpc) is 2.83. The van der Waals surface area contributed by atoms with Gasteiger partial charge in [0.05, 0.1) is 13.2 Å². The standard InChI is InChI=1S/C26H35N3O3/c1-2-3-4-8-17-32-24-14-10-12-22(19-24)27-20-25(30)28-23-13-9-11-21(18-23)26(31)29-15-6-5-7-16-29/h9-14,18-19,27H,2-8,15-17,20H2,1H3,(H,28,30). The highest BCUT2D eigenvalue weighted by Crippen LogP contribution is 2.19. The first-order valence-corrected chi connectivity index (χ1v) is 11.8. The Hall–Kier alpha value is -3.02. The van der Waals surface area contributed by atoms with Gasteiger partial charge in [-0.25, -0.2) is 0 Å². The average molecular weight is 438 g/mol. The number of piperidine rings is 1. The minimum absolute atomic E-state index is 0.0328. The van der Waals surface area contributed by atoms with Crippen molar-refractivity contribution in [1.82, 2.24) is 4.90 Å². The molecule has 0 aliphatic carbocycles. The van der Waals surface area contributed by atoms with Crippen LogP contribution in [0.2, 0.25) is 0 Å². The second kappa shape index (κ2) is 12.7. The SMILES string of the molecule is CCCCCCOc1cccc(NCC(=O)Nc2cccc(C(=O)N3CCCCC3)c2)c1. The molecule has 2 aromatic rings. The minimum atomic E-state index is -0.168. The fraction of sp³-hybridized carbons (Fsp3) is 0.462. The Morgan fingerprint density at radius 2 is 1.72 bits per heavy atom. The van der Waals surface area contributed by atoms with E-state index in [0.717, 1.165) is 43.8 Å². The molecule has 0 atom stereocenters. The summed E-state index contributed by atoms with van der Waals surface area (Å²) in [6.45, 7) is 4.64. The first-order valence-electron chi connectivity index (χ1n) is 11.8. The molecule has 1 fully saturated rings. The number of amides is 2. The van der Waals surface area contributed by atoms with E-state index in [1.807, 2.05) is 35.2 Å². The van der Waals surface area contributed by atoms with E-state index in [-0.39, 0.29) is 18.4 Å². The molecule has 6 nitrogen and oxygen atoms in total. The highest BCUT2D eigenvalue weighted by molar-refractivity contribution is 5.98. The van der Waals surface area contributed by atoms with Gasteiger partial charge in [-0.2, -0.15) is 0 Å². The zero-order chi connectivity index (χ0) is 22.6. The molecule has 2 N–H and O–H groups in total. The van der Waals surface area contributed by atoms with Gasteiger partial charge in [0.25, 0.3) is 5.91 Å². The normalized spacial score (nSPS) is 13.5. The molecule has 1 saturated heterocycles. The quantitative estimate of drug-likeness (QED) is 0.467. The van der Waals surface area contributed by atoms with Crippen molar-refractivity contribution in [3.63, 3.8) is 0 Å². The number of carbonyl (C=O) groups is 2. The van der Waals surface area contributed by atoms with Crippen molar-refractivity contribution in [3.05, 3.63) is 54.1 Å². The lowest BCUT2D eigenvalue weighted by Gasteiger charge is -2.26. The number of carbonyl (C=O) groups excluding carboxylic acids is 2. The lowest BCUT2D eigenvalue weighted by molar-refractivity contribution is -0.114. The Balaban J connectivity index is 1.47. The molecule has 32 heavy (non-hydrogen) atoms. The molecule has 0 aromatic heterocycles. The highest BCUT2D eigenvalue weighted by atomic mass is 16.5. The summed E-state index contributed by atoms with van der Waals surface area (Å²) in [6.07, 6.45) is 7.96. The van der Waals surface area contributed by atoms with Crippen LogP contribution in [0.4, 0.5) is 11.4 Å². The predicted octanol–water partition coefficient (Wildman–Crippen LogP) is 5.32. The van der Waals surface area contributed by atoms with Gasteiger partial charge in [0.2, 0.25) is 5.91 Å². The van der Waals surface area contributed by atoms with Crippen molar-refractivity contribution in [2.24, 2.45) is 0 Å². The zero-order valence-electron chi connectivity index (χ0n) is 19.1. The Morgan fingerprint density at radius 1 is 0.938 bits per heavy atom. The predicted molar refractivity (Wildman–Crippen MR) is 129 cm³/mol. The number of anilines is 2. The van der Waals surface area contributed by atoms with Crippen LogP contribution in [0.5, 0.6) is 5.75 Å². The summed E-state index contributed by atoms with van der Waals surface area (Å²) in [6, 6.07) is 14.8. The van der Waals surface area contributed by atoms with E-state index in [0.29, 0.717) is 17.9 Å². The summed E-state index contributed by atoms with van der Waals surface area (Å²) in [7, 11) is 0. The van der Waals surface area contributed by atoms with Crippen LogP contribution >= 0.6 is 0 Å². The lowest BCUT2D eigenvalue weighted by atomic mass is 10.1. The molecule has 172 valence electrons. The van der Waals surface area contributed by atoms with Crippen LogP contribution in [0.15, 0.2) is 48.5 Å². The molecule has 0 bridgehead atoms. The van der Waals surface area contributed by atoms with Gasteiger partial charge in [-0.3, -0.25) is 9.59 Å². The molecular formula is C26H35N3O3. The number of nitrogens with zero attached hydrogens (tertiary/aromatic N) is 1. The molecule has 1 aliphatic heterocycles. The number of unbranched alkanes of at least 4 members (excludes halogenated alkanes) is 3. The molecule has 0 spiro atoms. The van der Waals surface area contributed by atoms with Crippen LogP contribution < -0.4 is 15.4 Å². The second-order valence-corrected chi connectivity index (χ2v) is 8.27. The van der Waals surface area contributed by atoms with Crippen LogP contribution in [0.1, 0.15) is 62.2 Å². The van der Waals surface area contributed by atoms with Gasteiger partial charge < -0.3 is 20.3 Å². The molecule has 1 heterocycles. The summed E-state index contributed by atoms with van der Waals surface area (Å²) in [5.74, 6) is 0.666. The van der Waals surface area contributed by atoms with E-state index < -0.39 is 0 Å². The smallest absolute Gasteiger partial charge is 0.253 e. The fourth-order valence-electron chi connectivity index (χ4n) is 3.81. The van der Waals surface area contributed by atoms with Crippen molar-refractivity contribution >= 4 is 23.2 Å². The van der Waals surface area contributed by atoms with Crippen LogP contribution in [-0.4, -0.2) is 43.0 Å². The molecule has 2 amide bonds. The van der Waals surface area contributed by atoms with Crippen LogP contribution in [0.3, 0.4) is 0 Å². The molecule has 0 saturated carbocycles. The Kier molecular flexibility index (Phi) is 9.41. The Labute approximate surface area is 191 Å². The third-order valence-corrected chi connectivity index (χ3v) is 5.59. The van der Waals surface area contributed by atoms with Gasteiger partial charge >= 0.3 is 0 Å². The van der Waals surface area contributed by atoms with Crippen molar-refractivity contribution in [2.45, 2.75) is 51.9 Å². The first-order chi connectivity index (χ1) is 15.7. The minimum Gasteiger partial charge on any atom is -0.494 e. The molecule has 1 aliphatic rings. The fourth-order valence-corrected chi connectivity index (χ4v) is 3.81. The van der Waals surface area contributed by atoms with Crippen molar-refractivity contribution in [1.29, 1.82) is 0 Å². The maximum absolute atomic E-state index is 12.7. The summed E-state index contributed by atoms with van der Waals surface area (Å²) in [4.78, 5) is 27.0. The summed E-state index contributed by atoms with van der Waals surface area (Å²) in [5.41, 5.74) is 2.07. The number of ether oxygens (including phenoxy) is 1. The number of benzene rings is 2. The number of rotatable bonds is 11. The second-order valence-electron chi connectivity index (χ2n) is 8.27. The molecule has 2 aromatic carbocycles. The van der Waals surface area contributed by atoms with Crippen molar-refractivity contribution in [2.75, 3.05) is 36.9 Å². The Bertz CT molecular complexity index is 878. The van der Waals surface area contributed by atoms with Gasteiger partial charge in [-0.15, -0.1) is 0 Å². The summed E-state index contributed by atoms with van der Waals surface area (Å²) in [5, 5.41) is 6.01. The number of likely N-dealkylation sites (tertiary alicyclic amines) is 1. The summed E-state index contributed by atoms with van der Waals surface area (Å²) >= 11 is 0. The topological polar surface area (TPSA) is 70.7 Å². The third-order valence-electron chi connectivity index (χ3n) is 5.59. The van der Waals surface area contributed by atoms with Gasteiger partial charge in [-0.1, -0.05) is 38.3 Å². The van der Waals surface area contributed by atoms with Gasteiger partial charge in [0.15, 0.2) is 0 Å². The maximum Gasteiger partial charge on any atom is 0.253 e. The van der Waals surface area contributed by atoms with Crippen LogP contribution in [0.25, 0.3) is 0 Å². The first kappa shape index (κ1) is 23.6. The van der Waals surface area contributed by atoms with E-state index in [1.54, 1.807) is 18.2 Å². The highest BCUT2D eigenvalue weighted by Gasteiger charge is 2.18.